The molecule has 1 aliphatic rings. The van der Waals surface area contributed by atoms with E-state index in [1.54, 1.807) is 0 Å². The van der Waals surface area contributed by atoms with E-state index >= 15 is 0 Å². The second-order valence-electron chi connectivity index (χ2n) is 6.22. The number of unbranched alkanes of at least 4 members (excludes halogenated alkanes) is 1. The van der Waals surface area contributed by atoms with Crippen molar-refractivity contribution in [1.82, 2.24) is 4.90 Å². The molecule has 0 aliphatic heterocycles. The maximum absolute atomic E-state index is 12.5. The summed E-state index contributed by atoms with van der Waals surface area (Å²) in [6.07, 6.45) is 3.68. The number of aliphatic hydroxyl groups excluding tert-OH is 1. The third-order valence-electron chi connectivity index (χ3n) is 4.14. The van der Waals surface area contributed by atoms with Crippen LogP contribution < -0.4 is 10.1 Å². The predicted octanol–water partition coefficient (Wildman–Crippen LogP) is 4.25. The molecule has 2 aromatic rings. The van der Waals surface area contributed by atoms with Crippen LogP contribution in [-0.4, -0.2) is 35.2 Å². The number of carbonyl (C=O) groups is 1. The van der Waals surface area contributed by atoms with Crippen LogP contribution in [-0.2, 0) is 0 Å². The molecule has 1 aliphatic carbocycles. The van der Waals surface area contributed by atoms with Crippen molar-refractivity contribution < 1.29 is 14.6 Å². The number of nitrogens with one attached hydrogen (secondary N) is 1. The maximum atomic E-state index is 12.5. The number of hydrogen-bond acceptors (Lipinski definition) is 3. The van der Waals surface area contributed by atoms with E-state index in [1.807, 2.05) is 59.5 Å². The van der Waals surface area contributed by atoms with Crippen LogP contribution in [0.3, 0.4) is 0 Å². The van der Waals surface area contributed by atoms with Crippen LogP contribution in [0.25, 0.3) is 0 Å². The molecule has 0 heterocycles. The van der Waals surface area contributed by atoms with Crippen molar-refractivity contribution in [1.29, 1.82) is 0 Å². The van der Waals surface area contributed by atoms with Crippen molar-refractivity contribution in [2.45, 2.75) is 31.7 Å². The zero-order valence-corrected chi connectivity index (χ0v) is 14.2. The Balaban J connectivity index is 1.55. The van der Waals surface area contributed by atoms with E-state index < -0.39 is 0 Å². The van der Waals surface area contributed by atoms with E-state index in [0.717, 1.165) is 42.9 Å². The molecule has 1 fully saturated rings. The van der Waals surface area contributed by atoms with Gasteiger partial charge in [0.2, 0.25) is 0 Å². The Labute approximate surface area is 148 Å². The third kappa shape index (κ3) is 5.22. The first-order chi connectivity index (χ1) is 12.3. The SMILES string of the molecule is O=C(Nc1ccc(Oc2ccccc2)cc1)N(CCCCO)C1CC1. The summed E-state index contributed by atoms with van der Waals surface area (Å²) in [6, 6.07) is 17.2. The number of ether oxygens (including phenoxy) is 1. The summed E-state index contributed by atoms with van der Waals surface area (Å²) < 4.78 is 5.75. The number of para-hydroxylation sites is 1. The van der Waals surface area contributed by atoms with E-state index in [-0.39, 0.29) is 12.6 Å². The number of nitrogens with zero attached hydrogens (tertiary/aromatic N) is 1. The number of amides is 2. The minimum absolute atomic E-state index is 0.0721. The Morgan fingerprint density at radius 3 is 2.36 bits per heavy atom. The largest absolute Gasteiger partial charge is 0.457 e. The molecule has 0 aromatic heterocycles. The van der Waals surface area contributed by atoms with Crippen molar-refractivity contribution in [3.05, 3.63) is 54.6 Å². The van der Waals surface area contributed by atoms with Gasteiger partial charge in [0.05, 0.1) is 0 Å². The molecule has 1 saturated carbocycles. The molecule has 0 radical (unpaired) electrons. The van der Waals surface area contributed by atoms with Crippen molar-refractivity contribution in [3.8, 4) is 11.5 Å². The summed E-state index contributed by atoms with van der Waals surface area (Å²) >= 11 is 0. The van der Waals surface area contributed by atoms with Crippen molar-refractivity contribution in [3.63, 3.8) is 0 Å². The fraction of sp³-hybridized carbons (Fsp3) is 0.350. The van der Waals surface area contributed by atoms with Crippen LogP contribution in [0.15, 0.2) is 54.6 Å². The van der Waals surface area contributed by atoms with E-state index in [9.17, 15) is 4.79 Å². The van der Waals surface area contributed by atoms with Gasteiger partial charge in [0.1, 0.15) is 11.5 Å². The highest BCUT2D eigenvalue weighted by atomic mass is 16.5. The van der Waals surface area contributed by atoms with Crippen molar-refractivity contribution >= 4 is 11.7 Å². The van der Waals surface area contributed by atoms with Gasteiger partial charge in [0, 0.05) is 24.9 Å². The van der Waals surface area contributed by atoms with Crippen LogP contribution >= 0.6 is 0 Å². The average molecular weight is 340 g/mol. The third-order valence-corrected chi connectivity index (χ3v) is 4.14. The van der Waals surface area contributed by atoms with Gasteiger partial charge in [-0.05, 0) is 62.1 Å². The summed E-state index contributed by atoms with van der Waals surface area (Å²) in [5, 5.41) is 11.9. The average Bonchev–Trinajstić information content (AvgIpc) is 3.46. The minimum atomic E-state index is -0.0721. The van der Waals surface area contributed by atoms with E-state index in [2.05, 4.69) is 5.32 Å². The molecular formula is C20H24N2O3. The number of benzene rings is 2. The summed E-state index contributed by atoms with van der Waals surface area (Å²) in [5.74, 6) is 1.51. The first-order valence-electron chi connectivity index (χ1n) is 8.78. The molecule has 3 rings (SSSR count). The normalized spacial score (nSPS) is 13.3. The van der Waals surface area contributed by atoms with Crippen LogP contribution in [0.2, 0.25) is 0 Å². The van der Waals surface area contributed by atoms with Gasteiger partial charge in [-0.15, -0.1) is 0 Å². The molecule has 0 spiro atoms. The maximum Gasteiger partial charge on any atom is 0.322 e. The highest BCUT2D eigenvalue weighted by Crippen LogP contribution is 2.28. The molecule has 0 unspecified atom stereocenters. The Bertz CT molecular complexity index is 669. The Hall–Kier alpha value is -2.53. The van der Waals surface area contributed by atoms with Crippen LogP contribution in [0, 0.1) is 0 Å². The van der Waals surface area contributed by atoms with Gasteiger partial charge in [-0.25, -0.2) is 4.79 Å². The smallest absolute Gasteiger partial charge is 0.322 e. The van der Waals surface area contributed by atoms with Gasteiger partial charge in [-0.2, -0.15) is 0 Å². The highest BCUT2D eigenvalue weighted by Gasteiger charge is 2.32. The number of hydrogen-bond donors (Lipinski definition) is 2. The summed E-state index contributed by atoms with van der Waals surface area (Å²) in [7, 11) is 0. The summed E-state index contributed by atoms with van der Waals surface area (Å²) in [6.45, 7) is 0.856. The topological polar surface area (TPSA) is 61.8 Å². The number of aliphatic hydroxyl groups is 1. The molecule has 25 heavy (non-hydrogen) atoms. The lowest BCUT2D eigenvalue weighted by atomic mass is 10.3. The first-order valence-corrected chi connectivity index (χ1v) is 8.78. The number of urea groups is 1. The zero-order chi connectivity index (χ0) is 17.5. The van der Waals surface area contributed by atoms with Crippen LogP contribution in [0.4, 0.5) is 10.5 Å². The molecule has 2 amide bonds. The Kier molecular flexibility index (Phi) is 5.90. The Morgan fingerprint density at radius 2 is 1.72 bits per heavy atom. The lowest BCUT2D eigenvalue weighted by Crippen LogP contribution is -2.37. The van der Waals surface area contributed by atoms with E-state index in [1.165, 1.54) is 0 Å². The molecule has 0 bridgehead atoms. The number of anilines is 1. The van der Waals surface area contributed by atoms with Gasteiger partial charge in [0.15, 0.2) is 0 Å². The van der Waals surface area contributed by atoms with Crippen LogP contribution in [0.1, 0.15) is 25.7 Å². The monoisotopic (exact) mass is 340 g/mol. The molecule has 132 valence electrons. The first kappa shape index (κ1) is 17.3. The van der Waals surface area contributed by atoms with Gasteiger partial charge >= 0.3 is 6.03 Å². The molecule has 0 atom stereocenters. The van der Waals surface area contributed by atoms with Gasteiger partial charge < -0.3 is 20.1 Å². The molecule has 2 N–H and O–H groups in total. The quantitative estimate of drug-likeness (QED) is 0.706. The summed E-state index contributed by atoms with van der Waals surface area (Å²) in [4.78, 5) is 14.4. The minimum Gasteiger partial charge on any atom is -0.457 e. The molecule has 0 saturated heterocycles. The molecule has 5 heteroatoms. The fourth-order valence-corrected chi connectivity index (χ4v) is 2.66. The van der Waals surface area contributed by atoms with E-state index in [0.29, 0.717) is 12.6 Å². The highest BCUT2D eigenvalue weighted by molar-refractivity contribution is 5.89. The lowest BCUT2D eigenvalue weighted by Gasteiger charge is -2.22. The molecule has 5 nitrogen and oxygen atoms in total. The van der Waals surface area contributed by atoms with Gasteiger partial charge in [0.25, 0.3) is 0 Å². The zero-order valence-electron chi connectivity index (χ0n) is 14.2. The second kappa shape index (κ2) is 8.53. The van der Waals surface area contributed by atoms with Crippen LogP contribution in [0.5, 0.6) is 11.5 Å². The fourth-order valence-electron chi connectivity index (χ4n) is 2.66. The lowest BCUT2D eigenvalue weighted by molar-refractivity contribution is 0.204. The standard InChI is InChI=1S/C20H24N2O3/c23-15-5-4-14-22(17-10-11-17)20(24)21-16-8-12-19(13-9-16)25-18-6-2-1-3-7-18/h1-3,6-9,12-13,17,23H,4-5,10-11,14-15H2,(H,21,24). The predicted molar refractivity (Wildman–Crippen MR) is 98.0 cm³/mol. The number of carbonyl (C=O) groups excluding carboxylic acids is 1. The van der Waals surface area contributed by atoms with Gasteiger partial charge in [-0.1, -0.05) is 18.2 Å². The molecular weight excluding hydrogens is 316 g/mol. The number of rotatable bonds is 8. The molecule has 2 aromatic carbocycles. The van der Waals surface area contributed by atoms with E-state index in [4.69, 9.17) is 9.84 Å². The van der Waals surface area contributed by atoms with Crippen molar-refractivity contribution in [2.75, 3.05) is 18.5 Å². The van der Waals surface area contributed by atoms with Crippen molar-refractivity contribution in [2.24, 2.45) is 0 Å². The Morgan fingerprint density at radius 1 is 1.04 bits per heavy atom. The second-order valence-corrected chi connectivity index (χ2v) is 6.22. The van der Waals surface area contributed by atoms with Gasteiger partial charge in [-0.3, -0.25) is 0 Å². The summed E-state index contributed by atoms with van der Waals surface area (Å²) in [5.41, 5.74) is 0.748.